The van der Waals surface area contributed by atoms with E-state index in [2.05, 4.69) is 10.6 Å². The molecule has 0 fully saturated rings. The number of halogens is 1. The fourth-order valence-electron chi connectivity index (χ4n) is 2.17. The molecule has 2 amide bonds. The normalized spacial score (nSPS) is 17.8. The van der Waals surface area contributed by atoms with E-state index < -0.39 is 12.0 Å². The number of carbonyl (C=O) groups excluding carboxylic acids is 2. The predicted octanol–water partition coefficient (Wildman–Crippen LogP) is 2.16. The summed E-state index contributed by atoms with van der Waals surface area (Å²) in [5, 5.41) is 5.88. The first-order valence-corrected chi connectivity index (χ1v) is 7.10. The van der Waals surface area contributed by atoms with Gasteiger partial charge in [-0.1, -0.05) is 23.7 Å². The van der Waals surface area contributed by atoms with Crippen molar-refractivity contribution in [2.75, 3.05) is 20.3 Å². The number of rotatable bonds is 5. The molecule has 1 aromatic carbocycles. The van der Waals surface area contributed by atoms with Crippen molar-refractivity contribution in [2.24, 2.45) is 0 Å². The summed E-state index contributed by atoms with van der Waals surface area (Å²) >= 11 is 5.87. The van der Waals surface area contributed by atoms with Crippen LogP contribution in [0.2, 0.25) is 5.02 Å². The lowest BCUT2D eigenvalue weighted by Gasteiger charge is -2.28. The molecule has 0 spiro atoms. The molecule has 2 N–H and O–H groups in total. The average molecular weight is 325 g/mol. The molecule has 1 aliphatic heterocycles. The number of allylic oxidation sites excluding steroid dienone is 1. The number of methoxy groups -OCH3 is 1. The van der Waals surface area contributed by atoms with Gasteiger partial charge >= 0.3 is 12.0 Å². The highest BCUT2D eigenvalue weighted by Gasteiger charge is 2.32. The van der Waals surface area contributed by atoms with Crippen LogP contribution in [-0.2, 0) is 14.3 Å². The van der Waals surface area contributed by atoms with E-state index in [0.29, 0.717) is 22.9 Å². The second-order valence-corrected chi connectivity index (χ2v) is 5.19. The molecule has 6 nitrogen and oxygen atoms in total. The van der Waals surface area contributed by atoms with Gasteiger partial charge in [-0.2, -0.15) is 0 Å². The van der Waals surface area contributed by atoms with E-state index in [-0.39, 0.29) is 12.6 Å². The van der Waals surface area contributed by atoms with Gasteiger partial charge < -0.3 is 20.1 Å². The highest BCUT2D eigenvalue weighted by Crippen LogP contribution is 2.28. The Hall–Kier alpha value is -2.05. The Morgan fingerprint density at radius 2 is 1.95 bits per heavy atom. The summed E-state index contributed by atoms with van der Waals surface area (Å²) in [4.78, 5) is 24.0. The Kier molecular flexibility index (Phi) is 5.41. The second kappa shape index (κ2) is 7.29. The molecule has 0 aliphatic carbocycles. The molecule has 2 rings (SSSR count). The number of nitrogens with one attached hydrogen (secondary N) is 2. The zero-order chi connectivity index (χ0) is 16.1. The molecule has 1 heterocycles. The molecule has 0 aromatic heterocycles. The van der Waals surface area contributed by atoms with Crippen molar-refractivity contribution in [1.29, 1.82) is 0 Å². The van der Waals surface area contributed by atoms with Crippen LogP contribution >= 0.6 is 11.6 Å². The Morgan fingerprint density at radius 3 is 2.59 bits per heavy atom. The first kappa shape index (κ1) is 16.3. The third-order valence-corrected chi connectivity index (χ3v) is 3.46. The van der Waals surface area contributed by atoms with Crippen molar-refractivity contribution in [1.82, 2.24) is 10.6 Å². The fraction of sp³-hybridized carbons (Fsp3) is 0.333. The molecule has 1 atom stereocenters. The molecule has 1 aromatic rings. The van der Waals surface area contributed by atoms with Gasteiger partial charge in [-0.25, -0.2) is 9.59 Å². The Morgan fingerprint density at radius 1 is 1.27 bits per heavy atom. The first-order chi connectivity index (χ1) is 10.5. The predicted molar refractivity (Wildman–Crippen MR) is 81.4 cm³/mol. The van der Waals surface area contributed by atoms with Gasteiger partial charge in [0.05, 0.1) is 18.2 Å². The lowest BCUT2D eigenvalue weighted by molar-refractivity contribution is -0.140. The second-order valence-electron chi connectivity index (χ2n) is 4.75. The van der Waals surface area contributed by atoms with Gasteiger partial charge in [0.25, 0.3) is 0 Å². The SMILES string of the molecule is COCCOC(=O)C1=C(C)NC(=O)N[C@H]1c1ccc(Cl)cc1. The van der Waals surface area contributed by atoms with Crippen LogP contribution in [0.25, 0.3) is 0 Å². The Balaban J connectivity index is 2.28. The van der Waals surface area contributed by atoms with Crippen molar-refractivity contribution >= 4 is 23.6 Å². The minimum absolute atomic E-state index is 0.146. The molecule has 0 bridgehead atoms. The number of carbonyl (C=O) groups is 2. The number of hydrogen-bond acceptors (Lipinski definition) is 4. The number of amides is 2. The topological polar surface area (TPSA) is 76.7 Å². The van der Waals surface area contributed by atoms with Crippen molar-refractivity contribution < 1.29 is 19.1 Å². The molecule has 0 unspecified atom stereocenters. The number of ether oxygens (including phenoxy) is 2. The molecule has 22 heavy (non-hydrogen) atoms. The zero-order valence-electron chi connectivity index (χ0n) is 12.3. The number of benzene rings is 1. The standard InChI is InChI=1S/C15H17ClN2O4/c1-9-12(14(19)22-8-7-21-2)13(18-15(20)17-9)10-3-5-11(16)6-4-10/h3-6,13H,7-8H2,1-2H3,(H2,17,18,20)/t13-/m0/s1. The van der Waals surface area contributed by atoms with Gasteiger partial charge in [-0.05, 0) is 24.6 Å². The Labute approximate surface area is 133 Å². The van der Waals surface area contributed by atoms with Crippen LogP contribution in [-0.4, -0.2) is 32.3 Å². The maximum atomic E-state index is 12.3. The van der Waals surface area contributed by atoms with E-state index in [0.717, 1.165) is 5.56 Å². The van der Waals surface area contributed by atoms with Crippen LogP contribution in [0.3, 0.4) is 0 Å². The summed E-state index contributed by atoms with van der Waals surface area (Å²) in [5.41, 5.74) is 1.57. The van der Waals surface area contributed by atoms with Gasteiger partial charge in [0.2, 0.25) is 0 Å². The highest BCUT2D eigenvalue weighted by molar-refractivity contribution is 6.30. The number of urea groups is 1. The summed E-state index contributed by atoms with van der Waals surface area (Å²) in [7, 11) is 1.53. The van der Waals surface area contributed by atoms with E-state index in [1.54, 1.807) is 31.2 Å². The van der Waals surface area contributed by atoms with Gasteiger partial charge in [-0.15, -0.1) is 0 Å². The highest BCUT2D eigenvalue weighted by atomic mass is 35.5. The quantitative estimate of drug-likeness (QED) is 0.643. The van der Waals surface area contributed by atoms with Gasteiger partial charge in [0.1, 0.15) is 6.61 Å². The summed E-state index contributed by atoms with van der Waals surface area (Å²) in [5.74, 6) is -0.498. The lowest BCUT2D eigenvalue weighted by Crippen LogP contribution is -2.45. The lowest BCUT2D eigenvalue weighted by atomic mass is 9.96. The molecule has 0 saturated carbocycles. The minimum atomic E-state index is -0.582. The average Bonchev–Trinajstić information content (AvgIpc) is 2.47. The van der Waals surface area contributed by atoms with Crippen LogP contribution in [0.1, 0.15) is 18.5 Å². The molecular weight excluding hydrogens is 308 g/mol. The van der Waals surface area contributed by atoms with Crippen molar-refractivity contribution in [3.05, 3.63) is 46.1 Å². The minimum Gasteiger partial charge on any atom is -0.460 e. The van der Waals surface area contributed by atoms with E-state index >= 15 is 0 Å². The van der Waals surface area contributed by atoms with E-state index in [1.165, 1.54) is 7.11 Å². The molecule has 7 heteroatoms. The first-order valence-electron chi connectivity index (χ1n) is 6.72. The smallest absolute Gasteiger partial charge is 0.338 e. The van der Waals surface area contributed by atoms with Crippen molar-refractivity contribution in [3.63, 3.8) is 0 Å². The number of hydrogen-bond donors (Lipinski definition) is 2. The van der Waals surface area contributed by atoms with Gasteiger partial charge in [-0.3, -0.25) is 0 Å². The fourth-order valence-corrected chi connectivity index (χ4v) is 2.29. The van der Waals surface area contributed by atoms with Crippen molar-refractivity contribution in [2.45, 2.75) is 13.0 Å². The van der Waals surface area contributed by atoms with Crippen molar-refractivity contribution in [3.8, 4) is 0 Å². The maximum Gasteiger partial charge on any atom is 0.338 e. The van der Waals surface area contributed by atoms with Crippen LogP contribution < -0.4 is 10.6 Å². The molecule has 0 radical (unpaired) electrons. The van der Waals surface area contributed by atoms with Crippen LogP contribution in [0.5, 0.6) is 0 Å². The van der Waals surface area contributed by atoms with Crippen LogP contribution in [0.15, 0.2) is 35.5 Å². The van der Waals surface area contributed by atoms with E-state index in [4.69, 9.17) is 21.1 Å². The van der Waals surface area contributed by atoms with Gasteiger partial charge in [0.15, 0.2) is 0 Å². The van der Waals surface area contributed by atoms with E-state index in [9.17, 15) is 9.59 Å². The third kappa shape index (κ3) is 3.78. The molecule has 0 saturated heterocycles. The zero-order valence-corrected chi connectivity index (χ0v) is 13.1. The summed E-state index contributed by atoms with van der Waals surface area (Å²) in [6, 6.07) is 5.97. The van der Waals surface area contributed by atoms with Crippen LogP contribution in [0.4, 0.5) is 4.79 Å². The summed E-state index contributed by atoms with van der Waals surface area (Å²) in [6.07, 6.45) is 0. The largest absolute Gasteiger partial charge is 0.460 e. The summed E-state index contributed by atoms with van der Waals surface area (Å²) in [6.45, 7) is 2.12. The molecule has 118 valence electrons. The molecule has 1 aliphatic rings. The monoisotopic (exact) mass is 324 g/mol. The Bertz CT molecular complexity index is 598. The van der Waals surface area contributed by atoms with Gasteiger partial charge in [0, 0.05) is 17.8 Å². The van der Waals surface area contributed by atoms with Crippen LogP contribution in [0, 0.1) is 0 Å². The summed E-state index contributed by atoms with van der Waals surface area (Å²) < 4.78 is 10.0. The molecular formula is C15H17ClN2O4. The third-order valence-electron chi connectivity index (χ3n) is 3.21. The maximum absolute atomic E-state index is 12.3. The van der Waals surface area contributed by atoms with E-state index in [1.807, 2.05) is 0 Å². The number of esters is 1.